The highest BCUT2D eigenvalue weighted by Crippen LogP contribution is 2.23. The highest BCUT2D eigenvalue weighted by molar-refractivity contribution is 6.33. The number of benzene rings is 2. The molecule has 1 atom stereocenters. The molecule has 2 aromatic rings. The summed E-state index contributed by atoms with van der Waals surface area (Å²) in [6, 6.07) is 9.83. The third-order valence-corrected chi connectivity index (χ3v) is 4.60. The van der Waals surface area contributed by atoms with Crippen molar-refractivity contribution in [3.05, 3.63) is 64.4 Å². The number of fused-ring (bicyclic) bond motifs is 1. The molecule has 1 aliphatic heterocycles. The molecule has 2 aromatic carbocycles. The lowest BCUT2D eigenvalue weighted by atomic mass is 10.1. The molecule has 1 heterocycles. The van der Waals surface area contributed by atoms with Crippen molar-refractivity contribution in [3.8, 4) is 0 Å². The Balaban J connectivity index is 1.52. The maximum absolute atomic E-state index is 13.1. The van der Waals surface area contributed by atoms with E-state index in [1.165, 1.54) is 13.0 Å². The molecule has 0 bridgehead atoms. The van der Waals surface area contributed by atoms with Crippen LogP contribution >= 0.6 is 11.6 Å². The lowest BCUT2D eigenvalue weighted by Gasteiger charge is -2.16. The zero-order valence-corrected chi connectivity index (χ0v) is 16.0. The van der Waals surface area contributed by atoms with Crippen LogP contribution in [-0.2, 0) is 14.3 Å². The summed E-state index contributed by atoms with van der Waals surface area (Å²) in [5.41, 5.74) is 0.747. The molecule has 1 aliphatic rings. The van der Waals surface area contributed by atoms with Gasteiger partial charge in [-0.05, 0) is 37.3 Å². The van der Waals surface area contributed by atoms with Crippen LogP contribution in [0, 0.1) is 5.82 Å². The van der Waals surface area contributed by atoms with E-state index < -0.39 is 35.6 Å². The third-order valence-electron chi connectivity index (χ3n) is 4.28. The molecule has 3 amide bonds. The van der Waals surface area contributed by atoms with Crippen molar-refractivity contribution in [2.24, 2.45) is 0 Å². The molecule has 3 rings (SSSR count). The zero-order valence-electron chi connectivity index (χ0n) is 15.3. The molecule has 1 N–H and O–H groups in total. The van der Waals surface area contributed by atoms with Crippen LogP contribution in [0.2, 0.25) is 5.02 Å². The average molecular weight is 419 g/mol. The summed E-state index contributed by atoms with van der Waals surface area (Å²) in [6.07, 6.45) is -1.42. The van der Waals surface area contributed by atoms with Crippen molar-refractivity contribution in [2.45, 2.75) is 19.4 Å². The molecule has 0 radical (unpaired) electrons. The van der Waals surface area contributed by atoms with Gasteiger partial charge in [0.1, 0.15) is 5.82 Å². The van der Waals surface area contributed by atoms with Crippen LogP contribution in [0.15, 0.2) is 42.5 Å². The maximum Gasteiger partial charge on any atom is 0.308 e. The number of ether oxygens (including phenoxy) is 1. The van der Waals surface area contributed by atoms with E-state index in [1.54, 1.807) is 24.3 Å². The van der Waals surface area contributed by atoms with E-state index in [1.807, 2.05) is 0 Å². The molecule has 0 saturated carbocycles. The second-order valence-electron chi connectivity index (χ2n) is 6.30. The first-order valence-electron chi connectivity index (χ1n) is 8.68. The van der Waals surface area contributed by atoms with Crippen LogP contribution in [0.25, 0.3) is 0 Å². The Labute approximate surface area is 170 Å². The van der Waals surface area contributed by atoms with Crippen LogP contribution in [-0.4, -0.2) is 41.2 Å². The number of halogens is 2. The van der Waals surface area contributed by atoms with Crippen LogP contribution in [0.4, 0.5) is 10.1 Å². The second-order valence-corrected chi connectivity index (χ2v) is 6.71. The van der Waals surface area contributed by atoms with Gasteiger partial charge in [0.15, 0.2) is 6.10 Å². The van der Waals surface area contributed by atoms with Crippen LogP contribution in [0.5, 0.6) is 0 Å². The number of hydrogen-bond acceptors (Lipinski definition) is 5. The average Bonchev–Trinajstić information content (AvgIpc) is 2.93. The number of anilines is 1. The highest BCUT2D eigenvalue weighted by atomic mass is 35.5. The number of nitrogens with zero attached hydrogens (tertiary/aromatic N) is 1. The molecule has 0 aromatic heterocycles. The first kappa shape index (κ1) is 20.5. The monoisotopic (exact) mass is 418 g/mol. The zero-order chi connectivity index (χ0) is 21.1. The highest BCUT2D eigenvalue weighted by Gasteiger charge is 2.35. The van der Waals surface area contributed by atoms with Crippen molar-refractivity contribution in [3.63, 3.8) is 0 Å². The molecular weight excluding hydrogens is 403 g/mol. The summed E-state index contributed by atoms with van der Waals surface area (Å²) in [5.74, 6) is -2.92. The lowest BCUT2D eigenvalue weighted by molar-refractivity contribution is -0.153. The van der Waals surface area contributed by atoms with Gasteiger partial charge in [-0.15, -0.1) is 0 Å². The summed E-state index contributed by atoms with van der Waals surface area (Å²) < 4.78 is 18.1. The van der Waals surface area contributed by atoms with Gasteiger partial charge in [0.05, 0.1) is 28.3 Å². The van der Waals surface area contributed by atoms with E-state index in [2.05, 4.69) is 5.32 Å². The first-order chi connectivity index (χ1) is 13.8. The van der Waals surface area contributed by atoms with E-state index in [4.69, 9.17) is 16.3 Å². The Hall–Kier alpha value is -3.26. The van der Waals surface area contributed by atoms with Gasteiger partial charge >= 0.3 is 5.97 Å². The third kappa shape index (κ3) is 4.43. The fourth-order valence-corrected chi connectivity index (χ4v) is 2.99. The van der Waals surface area contributed by atoms with Gasteiger partial charge in [-0.2, -0.15) is 0 Å². The number of carbonyl (C=O) groups is 4. The predicted octanol–water partition coefficient (Wildman–Crippen LogP) is 3.04. The van der Waals surface area contributed by atoms with Crippen molar-refractivity contribution >= 4 is 41.0 Å². The van der Waals surface area contributed by atoms with Gasteiger partial charge in [0.25, 0.3) is 17.7 Å². The molecule has 29 heavy (non-hydrogen) atoms. The summed E-state index contributed by atoms with van der Waals surface area (Å²) in [5, 5.41) is 2.43. The normalized spacial score (nSPS) is 13.8. The summed E-state index contributed by atoms with van der Waals surface area (Å²) in [6.45, 7) is 1.19. The van der Waals surface area contributed by atoms with E-state index in [0.717, 1.165) is 17.0 Å². The Morgan fingerprint density at radius 3 is 2.34 bits per heavy atom. The van der Waals surface area contributed by atoms with E-state index >= 15 is 0 Å². The SMILES string of the molecule is C[C@@H](OC(=O)CCN1C(=O)c2ccccc2C1=O)C(=O)Nc1ccc(F)cc1Cl. The van der Waals surface area contributed by atoms with Crippen molar-refractivity contribution < 1.29 is 28.3 Å². The van der Waals surface area contributed by atoms with Crippen LogP contribution in [0.3, 0.4) is 0 Å². The summed E-state index contributed by atoms with van der Waals surface area (Å²) >= 11 is 5.84. The van der Waals surface area contributed by atoms with Crippen LogP contribution < -0.4 is 5.32 Å². The minimum absolute atomic E-state index is 0.00232. The van der Waals surface area contributed by atoms with Gasteiger partial charge in [0.2, 0.25) is 0 Å². The predicted molar refractivity (Wildman–Crippen MR) is 102 cm³/mol. The summed E-state index contributed by atoms with van der Waals surface area (Å²) in [4.78, 5) is 49.7. The van der Waals surface area contributed by atoms with Crippen molar-refractivity contribution in [1.29, 1.82) is 0 Å². The molecule has 0 spiro atoms. The Morgan fingerprint density at radius 2 is 1.76 bits per heavy atom. The smallest absolute Gasteiger partial charge is 0.308 e. The Bertz CT molecular complexity index is 975. The molecule has 0 unspecified atom stereocenters. The topological polar surface area (TPSA) is 92.8 Å². The molecule has 0 saturated heterocycles. The number of carbonyl (C=O) groups excluding carboxylic acids is 4. The van der Waals surface area contributed by atoms with Crippen molar-refractivity contribution in [2.75, 3.05) is 11.9 Å². The van der Waals surface area contributed by atoms with E-state index in [9.17, 15) is 23.6 Å². The fraction of sp³-hybridized carbons (Fsp3) is 0.200. The molecule has 0 aliphatic carbocycles. The van der Waals surface area contributed by atoms with E-state index in [-0.39, 0.29) is 34.8 Å². The molecule has 7 nitrogen and oxygen atoms in total. The Kier molecular flexibility index (Phi) is 5.93. The summed E-state index contributed by atoms with van der Waals surface area (Å²) in [7, 11) is 0. The second kappa shape index (κ2) is 8.40. The van der Waals surface area contributed by atoms with Gasteiger partial charge in [-0.1, -0.05) is 23.7 Å². The molecule has 9 heteroatoms. The number of esters is 1. The van der Waals surface area contributed by atoms with Crippen LogP contribution in [0.1, 0.15) is 34.1 Å². The van der Waals surface area contributed by atoms with E-state index in [0.29, 0.717) is 0 Å². The van der Waals surface area contributed by atoms with Gasteiger partial charge in [-0.3, -0.25) is 24.1 Å². The number of nitrogens with one attached hydrogen (secondary N) is 1. The standard InChI is InChI=1S/C20H16ClFN2O5/c1-11(18(26)23-16-7-6-12(22)10-15(16)21)29-17(25)8-9-24-19(27)13-4-2-3-5-14(13)20(24)28/h2-7,10-11H,8-9H2,1H3,(H,23,26)/t11-/m1/s1. The first-order valence-corrected chi connectivity index (χ1v) is 9.06. The largest absolute Gasteiger partial charge is 0.452 e. The Morgan fingerprint density at radius 1 is 1.14 bits per heavy atom. The van der Waals surface area contributed by atoms with Gasteiger partial charge in [-0.25, -0.2) is 4.39 Å². The molecule has 0 fully saturated rings. The minimum Gasteiger partial charge on any atom is -0.452 e. The number of hydrogen-bond donors (Lipinski definition) is 1. The quantitative estimate of drug-likeness (QED) is 0.575. The number of rotatable bonds is 6. The van der Waals surface area contributed by atoms with Crippen molar-refractivity contribution in [1.82, 2.24) is 4.90 Å². The maximum atomic E-state index is 13.1. The van der Waals surface area contributed by atoms with Gasteiger partial charge in [0, 0.05) is 6.54 Å². The van der Waals surface area contributed by atoms with Gasteiger partial charge < -0.3 is 10.1 Å². The lowest BCUT2D eigenvalue weighted by Crippen LogP contribution is -2.34. The minimum atomic E-state index is -1.16. The molecule has 150 valence electrons. The molecular formula is C20H16ClFN2O5. The number of imide groups is 1. The fourth-order valence-electron chi connectivity index (χ4n) is 2.78. The number of amides is 3.